The van der Waals surface area contributed by atoms with Crippen LogP contribution in [0.1, 0.15) is 15.4 Å². The summed E-state index contributed by atoms with van der Waals surface area (Å²) in [6.45, 7) is 4.30. The smallest absolute Gasteiger partial charge is 0.283 e. The molecule has 1 fully saturated rings. The van der Waals surface area contributed by atoms with Crippen LogP contribution in [0.5, 0.6) is 0 Å². The van der Waals surface area contributed by atoms with Gasteiger partial charge in [0.05, 0.1) is 10.9 Å². The first-order valence-corrected chi connectivity index (χ1v) is 10.4. The number of anilines is 1. The molecule has 1 aliphatic heterocycles. The molecule has 9 heteroatoms. The highest BCUT2D eigenvalue weighted by molar-refractivity contribution is 7.16. The van der Waals surface area contributed by atoms with Gasteiger partial charge in [0, 0.05) is 37.4 Å². The van der Waals surface area contributed by atoms with Crippen LogP contribution in [-0.4, -0.2) is 51.6 Å². The lowest BCUT2D eigenvalue weighted by Crippen LogP contribution is -2.48. The van der Waals surface area contributed by atoms with Gasteiger partial charge in [-0.05, 0) is 49.4 Å². The summed E-state index contributed by atoms with van der Waals surface area (Å²) in [7, 11) is 0. The van der Waals surface area contributed by atoms with E-state index in [0.717, 1.165) is 10.7 Å². The predicted octanol–water partition coefficient (Wildman–Crippen LogP) is 2.71. The first kappa shape index (κ1) is 18.7. The third-order valence-electron chi connectivity index (χ3n) is 5.30. The SMILES string of the molecule is Cc1nn2c(=O)c3ccc(C(=O)N4CCN(c5ccc(F)cc5)CC4)cc3nc2s1. The van der Waals surface area contributed by atoms with E-state index in [9.17, 15) is 14.0 Å². The number of rotatable bonds is 2. The van der Waals surface area contributed by atoms with Crippen molar-refractivity contribution < 1.29 is 9.18 Å². The predicted molar refractivity (Wildman–Crippen MR) is 114 cm³/mol. The highest BCUT2D eigenvalue weighted by Crippen LogP contribution is 2.20. The third kappa shape index (κ3) is 3.21. The number of nitrogens with zero attached hydrogens (tertiary/aromatic N) is 5. The monoisotopic (exact) mass is 423 g/mol. The van der Waals surface area contributed by atoms with Crippen LogP contribution in [0.2, 0.25) is 0 Å². The van der Waals surface area contributed by atoms with Crippen molar-refractivity contribution in [2.24, 2.45) is 0 Å². The summed E-state index contributed by atoms with van der Waals surface area (Å²) in [6.07, 6.45) is 0. The zero-order valence-corrected chi connectivity index (χ0v) is 17.0. The van der Waals surface area contributed by atoms with Crippen molar-refractivity contribution in [3.8, 4) is 0 Å². The second-order valence-electron chi connectivity index (χ2n) is 7.22. The molecule has 0 radical (unpaired) electrons. The fourth-order valence-corrected chi connectivity index (χ4v) is 4.48. The van der Waals surface area contributed by atoms with Gasteiger partial charge in [0.1, 0.15) is 10.8 Å². The highest BCUT2D eigenvalue weighted by Gasteiger charge is 2.23. The van der Waals surface area contributed by atoms with E-state index in [4.69, 9.17) is 0 Å². The number of fused-ring (bicyclic) bond motifs is 2. The van der Waals surface area contributed by atoms with Crippen molar-refractivity contribution in [1.29, 1.82) is 0 Å². The lowest BCUT2D eigenvalue weighted by molar-refractivity contribution is 0.0747. The van der Waals surface area contributed by atoms with Crippen LogP contribution in [0.3, 0.4) is 0 Å². The number of hydrogen-bond acceptors (Lipinski definition) is 6. The van der Waals surface area contributed by atoms with Gasteiger partial charge in [-0.25, -0.2) is 9.37 Å². The number of hydrogen-bond donors (Lipinski definition) is 0. The molecule has 0 spiro atoms. The quantitative estimate of drug-likeness (QED) is 0.496. The Hall–Kier alpha value is -3.33. The first-order chi connectivity index (χ1) is 14.5. The maximum absolute atomic E-state index is 13.1. The van der Waals surface area contributed by atoms with Crippen LogP contribution < -0.4 is 10.5 Å². The molecule has 7 nitrogen and oxygen atoms in total. The summed E-state index contributed by atoms with van der Waals surface area (Å²) in [4.78, 5) is 34.6. The lowest BCUT2D eigenvalue weighted by atomic mass is 10.1. The van der Waals surface area contributed by atoms with Crippen molar-refractivity contribution in [2.45, 2.75) is 6.92 Å². The summed E-state index contributed by atoms with van der Waals surface area (Å²) >= 11 is 1.34. The molecule has 5 rings (SSSR count). The van der Waals surface area contributed by atoms with E-state index in [-0.39, 0.29) is 17.3 Å². The number of carbonyl (C=O) groups excluding carboxylic acids is 1. The molecule has 30 heavy (non-hydrogen) atoms. The van der Waals surface area contributed by atoms with Crippen molar-refractivity contribution in [3.63, 3.8) is 0 Å². The summed E-state index contributed by atoms with van der Waals surface area (Å²) in [5.74, 6) is -0.346. The van der Waals surface area contributed by atoms with Gasteiger partial charge in [0.2, 0.25) is 4.96 Å². The number of aryl methyl sites for hydroxylation is 1. The molecule has 0 unspecified atom stereocenters. The van der Waals surface area contributed by atoms with Crippen molar-refractivity contribution in [3.05, 3.63) is 69.2 Å². The van der Waals surface area contributed by atoms with E-state index < -0.39 is 0 Å². The number of halogens is 1. The van der Waals surface area contributed by atoms with Crippen molar-refractivity contribution >= 4 is 38.8 Å². The molecule has 3 heterocycles. The average molecular weight is 423 g/mol. The number of piperazine rings is 1. The van der Waals surface area contributed by atoms with E-state index >= 15 is 0 Å². The Bertz CT molecular complexity index is 1320. The second-order valence-corrected chi connectivity index (χ2v) is 8.38. The number of amides is 1. The van der Waals surface area contributed by atoms with Crippen molar-refractivity contribution in [2.75, 3.05) is 31.1 Å². The summed E-state index contributed by atoms with van der Waals surface area (Å²) in [5.41, 5.74) is 1.73. The van der Waals surface area contributed by atoms with E-state index in [1.807, 2.05) is 6.92 Å². The molecule has 2 aromatic heterocycles. The molecular formula is C21H18FN5O2S. The molecule has 1 aliphatic rings. The zero-order chi connectivity index (χ0) is 20.8. The Morgan fingerprint density at radius 1 is 1.07 bits per heavy atom. The van der Waals surface area contributed by atoms with Crippen LogP contribution in [0, 0.1) is 12.7 Å². The number of aromatic nitrogens is 3. The molecule has 152 valence electrons. The molecule has 0 saturated carbocycles. The zero-order valence-electron chi connectivity index (χ0n) is 16.2. The van der Waals surface area contributed by atoms with Crippen LogP contribution in [-0.2, 0) is 0 Å². The van der Waals surface area contributed by atoms with Gasteiger partial charge in [0.15, 0.2) is 0 Å². The molecule has 1 amide bonds. The average Bonchev–Trinajstić information content (AvgIpc) is 3.14. The summed E-state index contributed by atoms with van der Waals surface area (Å²) in [6, 6.07) is 11.4. The van der Waals surface area contributed by atoms with Gasteiger partial charge in [-0.2, -0.15) is 9.61 Å². The Balaban J connectivity index is 1.37. The third-order valence-corrected chi connectivity index (χ3v) is 6.13. The molecule has 0 atom stereocenters. The lowest BCUT2D eigenvalue weighted by Gasteiger charge is -2.36. The molecule has 0 bridgehead atoms. The van der Waals surface area contributed by atoms with Crippen LogP contribution in [0.25, 0.3) is 15.9 Å². The van der Waals surface area contributed by atoms with E-state index in [1.165, 1.54) is 28.0 Å². The Morgan fingerprint density at radius 2 is 1.80 bits per heavy atom. The normalized spacial score (nSPS) is 14.6. The summed E-state index contributed by atoms with van der Waals surface area (Å²) in [5, 5.41) is 5.39. The van der Waals surface area contributed by atoms with E-state index in [2.05, 4.69) is 15.0 Å². The Kier molecular flexibility index (Phi) is 4.47. The molecule has 0 aliphatic carbocycles. The topological polar surface area (TPSA) is 70.8 Å². The highest BCUT2D eigenvalue weighted by atomic mass is 32.1. The number of carbonyl (C=O) groups is 1. The molecule has 1 saturated heterocycles. The van der Waals surface area contributed by atoms with Gasteiger partial charge < -0.3 is 9.80 Å². The van der Waals surface area contributed by atoms with E-state index in [1.54, 1.807) is 35.2 Å². The van der Waals surface area contributed by atoms with Crippen LogP contribution in [0.4, 0.5) is 10.1 Å². The minimum absolute atomic E-state index is 0.0851. The van der Waals surface area contributed by atoms with E-state index in [0.29, 0.717) is 47.6 Å². The second kappa shape index (κ2) is 7.17. The molecule has 2 aromatic carbocycles. The first-order valence-electron chi connectivity index (χ1n) is 9.60. The molecule has 4 aromatic rings. The summed E-state index contributed by atoms with van der Waals surface area (Å²) < 4.78 is 14.4. The minimum Gasteiger partial charge on any atom is -0.368 e. The van der Waals surface area contributed by atoms with Crippen LogP contribution >= 0.6 is 11.3 Å². The standard InChI is InChI=1S/C21H18FN5O2S/c1-13-24-27-20(29)17-7-2-14(12-18(17)23-21(27)30-13)19(28)26-10-8-25(9-11-26)16-5-3-15(22)4-6-16/h2-7,12H,8-11H2,1H3. The van der Waals surface area contributed by atoms with Gasteiger partial charge in [0.25, 0.3) is 11.5 Å². The fourth-order valence-electron chi connectivity index (χ4n) is 3.74. The van der Waals surface area contributed by atoms with Crippen molar-refractivity contribution in [1.82, 2.24) is 19.5 Å². The Labute approximate surface area is 175 Å². The maximum Gasteiger partial charge on any atom is 0.283 e. The van der Waals surface area contributed by atoms with Gasteiger partial charge in [-0.1, -0.05) is 11.3 Å². The maximum atomic E-state index is 13.1. The molecular weight excluding hydrogens is 405 g/mol. The van der Waals surface area contributed by atoms with Gasteiger partial charge in [-0.15, -0.1) is 0 Å². The fraction of sp³-hybridized carbons (Fsp3) is 0.238. The largest absolute Gasteiger partial charge is 0.368 e. The molecule has 0 N–H and O–H groups in total. The number of benzene rings is 2. The Morgan fingerprint density at radius 3 is 2.53 bits per heavy atom. The van der Waals surface area contributed by atoms with Gasteiger partial charge in [-0.3, -0.25) is 9.59 Å². The van der Waals surface area contributed by atoms with Gasteiger partial charge >= 0.3 is 0 Å². The minimum atomic E-state index is -0.261. The van der Waals surface area contributed by atoms with Crippen LogP contribution in [0.15, 0.2) is 47.3 Å².